The summed E-state index contributed by atoms with van der Waals surface area (Å²) in [7, 11) is 0. The van der Waals surface area contributed by atoms with Gasteiger partial charge in [0, 0.05) is 83.8 Å². The van der Waals surface area contributed by atoms with Crippen molar-refractivity contribution in [3.8, 4) is 95.4 Å². The molecular weight excluding hydrogens is 1410 g/mol. The second-order valence-corrected chi connectivity index (χ2v) is 35.1. The van der Waals surface area contributed by atoms with Crippen molar-refractivity contribution in [1.29, 1.82) is 0 Å². The number of fused-ring (bicyclic) bond motifs is 15. The van der Waals surface area contributed by atoms with Gasteiger partial charge >= 0.3 is 0 Å². The predicted molar refractivity (Wildman–Crippen MR) is 488 cm³/mol. The fraction of sp³-hybridized carbons (Fsp3) is 0.111. The molecule has 0 N–H and O–H groups in total. The van der Waals surface area contributed by atoms with E-state index in [2.05, 4.69) is 416 Å². The van der Waals surface area contributed by atoms with E-state index in [1.54, 1.807) is 0 Å². The van der Waals surface area contributed by atoms with Gasteiger partial charge in [0.25, 0.3) is 13.4 Å². The maximum absolute atomic E-state index is 8.27. The largest absolute Gasteiger partial charge is 0.459 e. The lowest BCUT2D eigenvalue weighted by molar-refractivity contribution is 0.468. The van der Waals surface area contributed by atoms with Gasteiger partial charge in [-0.25, -0.2) is 0 Å². The maximum Gasteiger partial charge on any atom is 0.260 e. The van der Waals surface area contributed by atoms with E-state index >= 15 is 0 Å². The smallest absolute Gasteiger partial charge is 0.260 e. The van der Waals surface area contributed by atoms with Crippen molar-refractivity contribution in [3.05, 3.63) is 356 Å². The summed E-state index contributed by atoms with van der Waals surface area (Å²) in [5.41, 5.74) is 34.0. The minimum atomic E-state index is -0.417. The Labute approximate surface area is 678 Å². The zero-order valence-corrected chi connectivity index (χ0v) is 66.6. The molecule has 8 heteroatoms. The molecule has 18 aromatic rings. The van der Waals surface area contributed by atoms with Crippen molar-refractivity contribution in [2.45, 2.75) is 78.6 Å². The van der Waals surface area contributed by atoms with Gasteiger partial charge in [0.1, 0.15) is 34.2 Å². The topological polar surface area (TPSA) is 43.0 Å². The van der Waals surface area contributed by atoms with Crippen molar-refractivity contribution < 1.29 is 13.9 Å². The fourth-order valence-electron chi connectivity index (χ4n) is 19.1. The first-order valence-corrected chi connectivity index (χ1v) is 40.7. The summed E-state index contributed by atoms with van der Waals surface area (Å²) in [6.45, 7) is 20.3. The second-order valence-electron chi connectivity index (χ2n) is 35.1. The highest BCUT2D eigenvalue weighted by molar-refractivity contribution is 7.03. The van der Waals surface area contributed by atoms with Crippen LogP contribution in [0, 0.1) is 0 Å². The van der Waals surface area contributed by atoms with Crippen LogP contribution in [0.25, 0.3) is 116 Å². The van der Waals surface area contributed by atoms with Crippen molar-refractivity contribution in [2.75, 3.05) is 9.80 Å². The minimum Gasteiger partial charge on any atom is -0.459 e. The summed E-state index contributed by atoms with van der Waals surface area (Å²) >= 11 is 0. The quantitative estimate of drug-likeness (QED) is 0.135. The Morgan fingerprint density at radius 1 is 0.259 bits per heavy atom. The highest BCUT2D eigenvalue weighted by Gasteiger charge is 2.52. The minimum absolute atomic E-state index is 0.156. The monoisotopic (exact) mass is 1490 g/mol. The van der Waals surface area contributed by atoms with Crippen LogP contribution in [0.5, 0.6) is 23.0 Å². The van der Waals surface area contributed by atoms with Crippen LogP contribution in [0.3, 0.4) is 0 Å². The van der Waals surface area contributed by atoms with Crippen molar-refractivity contribution in [1.82, 2.24) is 4.57 Å². The van der Waals surface area contributed by atoms with E-state index in [-0.39, 0.29) is 23.0 Å². The number of hydrogen-bond donors (Lipinski definition) is 0. The first-order valence-electron chi connectivity index (χ1n) is 40.7. The Morgan fingerprint density at radius 3 is 1.34 bits per heavy atom. The SMILES string of the molecule is CC(C)(C)c1ccc(N2c3cc(-c4ccc(-n5c6ccccc6c6ccccc65)cc4)ccc3B3c4c2cc(C(C)(C)C)cc4N(c2ccc(C(C)(C)C)cc2-c2ccccc2)c2cc4c5c(c23)Oc2cc(-c3ccccc3)ccc2B5c2cc(-c3ccccc3)cc(-c3cccc5c3oc3ccccc35)c2O4)c(-c2ccccc2)c1. The number of ether oxygens (including phenoxy) is 2. The van der Waals surface area contributed by atoms with Crippen molar-refractivity contribution >= 4 is 124 Å². The molecule has 0 unspecified atom stereocenters. The molecular formula is C108H83B2N3O3. The Balaban J connectivity index is 0.868. The van der Waals surface area contributed by atoms with Crippen LogP contribution < -0.4 is 52.1 Å². The number of anilines is 6. The normalized spacial score (nSPS) is 13.3. The Morgan fingerprint density at radius 2 is 0.741 bits per heavy atom. The molecule has 0 saturated heterocycles. The number of rotatable bonds is 9. The third-order valence-electron chi connectivity index (χ3n) is 25.0. The van der Waals surface area contributed by atoms with Crippen LogP contribution in [-0.2, 0) is 16.2 Å². The van der Waals surface area contributed by atoms with Crippen LogP contribution in [0.15, 0.2) is 344 Å². The molecule has 22 rings (SSSR count). The zero-order chi connectivity index (χ0) is 78.2. The highest BCUT2D eigenvalue weighted by atomic mass is 16.5. The molecule has 0 saturated carbocycles. The van der Waals surface area contributed by atoms with Crippen LogP contribution in [0.2, 0.25) is 0 Å². The number of aromatic nitrogens is 1. The van der Waals surface area contributed by atoms with E-state index in [9.17, 15) is 0 Å². The molecule has 6 nitrogen and oxygen atoms in total. The van der Waals surface area contributed by atoms with Crippen LogP contribution >= 0.6 is 0 Å². The van der Waals surface area contributed by atoms with E-state index in [4.69, 9.17) is 13.9 Å². The molecule has 0 atom stereocenters. The lowest BCUT2D eigenvalue weighted by atomic mass is 9.30. The Kier molecular flexibility index (Phi) is 15.5. The molecule has 6 heterocycles. The zero-order valence-electron chi connectivity index (χ0n) is 66.6. The molecule has 4 aliphatic rings. The van der Waals surface area contributed by atoms with Crippen molar-refractivity contribution in [2.24, 2.45) is 0 Å². The number of benzene rings is 16. The van der Waals surface area contributed by atoms with Crippen molar-refractivity contribution in [3.63, 3.8) is 0 Å². The number of para-hydroxylation sites is 4. The molecule has 116 heavy (non-hydrogen) atoms. The van der Waals surface area contributed by atoms with Gasteiger partial charge in [-0.3, -0.25) is 0 Å². The molecule has 4 aliphatic heterocycles. The summed E-state index contributed by atoms with van der Waals surface area (Å²) in [5, 5.41) is 4.59. The molecule has 0 spiro atoms. The van der Waals surface area contributed by atoms with Gasteiger partial charge in [-0.05, 0) is 190 Å². The van der Waals surface area contributed by atoms with Gasteiger partial charge in [-0.1, -0.05) is 311 Å². The summed E-state index contributed by atoms with van der Waals surface area (Å²) in [5.74, 6) is 3.10. The van der Waals surface area contributed by atoms with Gasteiger partial charge < -0.3 is 28.3 Å². The van der Waals surface area contributed by atoms with E-state index in [1.807, 2.05) is 0 Å². The van der Waals surface area contributed by atoms with Gasteiger partial charge in [0.2, 0.25) is 0 Å². The summed E-state index contributed by atoms with van der Waals surface area (Å²) < 4.78 is 25.9. The third kappa shape index (κ3) is 10.9. The average Bonchev–Trinajstić information content (AvgIpc) is 0.777. The van der Waals surface area contributed by atoms with E-state index in [0.717, 1.165) is 179 Å². The summed E-state index contributed by atoms with van der Waals surface area (Å²) in [6.07, 6.45) is 0. The molecule has 0 radical (unpaired) electrons. The third-order valence-corrected chi connectivity index (χ3v) is 25.0. The standard InChI is InChI=1S/C108H83B2N3O3/c1-106(2,3)74-49-55-91(83(61-74)69-33-18-12-19-34-69)112-93-59-71(68-45-51-77(52-46-68)111-89-42-25-22-37-78(89)79-38-23-26-43-90(79)111)47-53-86(93)110-100-94(112)63-76(108(7,8)9)64-95(100)113(92-56-50-75(107(4,5)6)62-84(92)70-35-20-13-21-36-70)96-65-99-102-105(101(96)110)115-98-60-72(66-29-14-10-15-30-66)48-54-87(98)109(102)88-58-73(67-31-16-11-17-32-67)57-85(104(88)116-99)82-41-28-40-81-80-39-24-27-44-97(80)114-103(81)82/h10-65H,1-9H3. The number of furan rings is 1. The number of hydrogen-bond acceptors (Lipinski definition) is 5. The lowest BCUT2D eigenvalue weighted by Crippen LogP contribution is -2.65. The van der Waals surface area contributed by atoms with E-state index < -0.39 is 6.71 Å². The first kappa shape index (κ1) is 69.2. The molecule has 2 aromatic heterocycles. The molecule has 16 aromatic carbocycles. The first-order chi connectivity index (χ1) is 56.4. The Hall–Kier alpha value is -13.6. The Bertz CT molecular complexity index is 7030. The lowest BCUT2D eigenvalue weighted by Gasteiger charge is -2.47. The van der Waals surface area contributed by atoms with Crippen LogP contribution in [-0.4, -0.2) is 18.0 Å². The van der Waals surface area contributed by atoms with E-state index in [1.165, 1.54) is 44.0 Å². The van der Waals surface area contributed by atoms with Gasteiger partial charge in [-0.15, -0.1) is 0 Å². The van der Waals surface area contributed by atoms with Crippen LogP contribution in [0.4, 0.5) is 34.1 Å². The fourth-order valence-corrected chi connectivity index (χ4v) is 19.1. The summed E-state index contributed by atoms with van der Waals surface area (Å²) in [6, 6.07) is 126. The van der Waals surface area contributed by atoms with E-state index in [0.29, 0.717) is 0 Å². The highest BCUT2D eigenvalue weighted by Crippen LogP contribution is 2.55. The molecule has 554 valence electrons. The average molecular weight is 1490 g/mol. The van der Waals surface area contributed by atoms with Gasteiger partial charge in [-0.2, -0.15) is 0 Å². The van der Waals surface area contributed by atoms with Gasteiger partial charge in [0.15, 0.2) is 0 Å². The molecule has 0 fully saturated rings. The maximum atomic E-state index is 8.27. The molecule has 0 amide bonds. The summed E-state index contributed by atoms with van der Waals surface area (Å²) in [4.78, 5) is 5.27. The molecule has 0 aliphatic carbocycles. The number of nitrogens with zero attached hydrogens (tertiary/aromatic N) is 3. The second kappa shape index (κ2) is 26.0. The van der Waals surface area contributed by atoms with Gasteiger partial charge in [0.05, 0.1) is 22.4 Å². The van der Waals surface area contributed by atoms with Crippen LogP contribution in [0.1, 0.15) is 79.0 Å². The molecule has 0 bridgehead atoms. The predicted octanol–water partition coefficient (Wildman–Crippen LogP) is 25.4.